The molecule has 5 heteroatoms. The first-order chi connectivity index (χ1) is 7.00. The van der Waals surface area contributed by atoms with Crippen LogP contribution in [0.1, 0.15) is 25.7 Å². The molecule has 2 aliphatic carbocycles. The smallest absolute Gasteiger partial charge is 0.214 e. The number of hydrogen-bond donors (Lipinski definition) is 1. The number of β-amino-alcohol motifs (C(OH)–C–C–N with tert-alkyl or cyclic N) is 1. The second kappa shape index (κ2) is 2.96. The summed E-state index contributed by atoms with van der Waals surface area (Å²) >= 11 is 0. The van der Waals surface area contributed by atoms with Crippen molar-refractivity contribution >= 4 is 10.0 Å². The van der Waals surface area contributed by atoms with Gasteiger partial charge in [0.25, 0.3) is 0 Å². The minimum absolute atomic E-state index is 0.299. The molecular weight excluding hydrogens is 214 g/mol. The Kier molecular flexibility index (Phi) is 1.98. The SMILES string of the molecule is O=S(=O)(CC1CC1)N1CC(O)(C2CC2)C1. The number of hydrogen-bond acceptors (Lipinski definition) is 3. The molecule has 0 aromatic carbocycles. The summed E-state index contributed by atoms with van der Waals surface area (Å²) in [5.74, 6) is 1.06. The molecule has 0 atom stereocenters. The van der Waals surface area contributed by atoms with Gasteiger partial charge in [-0.25, -0.2) is 8.42 Å². The van der Waals surface area contributed by atoms with Crippen LogP contribution >= 0.6 is 0 Å². The number of nitrogens with zero attached hydrogens (tertiary/aromatic N) is 1. The molecule has 2 saturated carbocycles. The van der Waals surface area contributed by atoms with Gasteiger partial charge in [-0.3, -0.25) is 0 Å². The highest BCUT2D eigenvalue weighted by molar-refractivity contribution is 7.89. The molecule has 15 heavy (non-hydrogen) atoms. The standard InChI is InChI=1S/C10H17NO3S/c12-10(9-3-4-9)6-11(7-10)15(13,14)5-8-1-2-8/h8-9,12H,1-7H2. The third-order valence-corrected chi connectivity index (χ3v) is 5.71. The third kappa shape index (κ3) is 1.81. The van der Waals surface area contributed by atoms with Gasteiger partial charge in [0.05, 0.1) is 11.4 Å². The Hall–Kier alpha value is -0.130. The number of rotatable bonds is 4. The zero-order chi connectivity index (χ0) is 10.7. The van der Waals surface area contributed by atoms with Gasteiger partial charge in [0.1, 0.15) is 0 Å². The highest BCUT2D eigenvalue weighted by atomic mass is 32.2. The summed E-state index contributed by atoms with van der Waals surface area (Å²) in [6.45, 7) is 0.680. The molecule has 4 nitrogen and oxygen atoms in total. The van der Waals surface area contributed by atoms with Crippen molar-refractivity contribution in [1.82, 2.24) is 4.31 Å². The van der Waals surface area contributed by atoms with Crippen molar-refractivity contribution in [3.05, 3.63) is 0 Å². The second-order valence-corrected chi connectivity index (χ2v) is 7.38. The molecule has 0 amide bonds. The van der Waals surface area contributed by atoms with E-state index >= 15 is 0 Å². The third-order valence-electron chi connectivity index (χ3n) is 3.77. The maximum Gasteiger partial charge on any atom is 0.214 e. The van der Waals surface area contributed by atoms with Gasteiger partial charge in [-0.15, -0.1) is 0 Å². The first-order valence-corrected chi connectivity index (χ1v) is 7.31. The van der Waals surface area contributed by atoms with Crippen LogP contribution in [0.3, 0.4) is 0 Å². The van der Waals surface area contributed by atoms with Gasteiger partial charge in [-0.1, -0.05) is 0 Å². The molecule has 0 unspecified atom stereocenters. The van der Waals surface area contributed by atoms with E-state index in [0.717, 1.165) is 25.7 Å². The molecule has 0 bridgehead atoms. The highest BCUT2D eigenvalue weighted by Crippen LogP contribution is 2.45. The maximum atomic E-state index is 11.8. The molecule has 0 spiro atoms. The Bertz CT molecular complexity index is 364. The lowest BCUT2D eigenvalue weighted by molar-refractivity contribution is -0.0765. The molecule has 1 saturated heterocycles. The van der Waals surface area contributed by atoms with Crippen LogP contribution in [0.5, 0.6) is 0 Å². The molecule has 3 fully saturated rings. The average molecular weight is 231 g/mol. The summed E-state index contributed by atoms with van der Waals surface area (Å²) in [7, 11) is -3.06. The predicted octanol–water partition coefficient (Wildman–Crippen LogP) is 0.183. The summed E-state index contributed by atoms with van der Waals surface area (Å²) in [5.41, 5.74) is -0.684. The minimum Gasteiger partial charge on any atom is -0.387 e. The van der Waals surface area contributed by atoms with E-state index in [4.69, 9.17) is 0 Å². The average Bonchev–Trinajstić information content (AvgIpc) is 2.89. The summed E-state index contributed by atoms with van der Waals surface area (Å²) in [6.07, 6.45) is 4.24. The Morgan fingerprint density at radius 2 is 1.80 bits per heavy atom. The van der Waals surface area contributed by atoms with E-state index in [1.807, 2.05) is 0 Å². The van der Waals surface area contributed by atoms with Crippen LogP contribution in [0.2, 0.25) is 0 Å². The lowest BCUT2D eigenvalue weighted by Crippen LogP contribution is -2.65. The van der Waals surface area contributed by atoms with Gasteiger partial charge in [-0.2, -0.15) is 4.31 Å². The van der Waals surface area contributed by atoms with Gasteiger partial charge in [-0.05, 0) is 37.5 Å². The molecule has 1 aliphatic heterocycles. The Balaban J connectivity index is 1.60. The van der Waals surface area contributed by atoms with E-state index < -0.39 is 15.6 Å². The van der Waals surface area contributed by atoms with Gasteiger partial charge < -0.3 is 5.11 Å². The van der Waals surface area contributed by atoms with Crippen molar-refractivity contribution in [2.24, 2.45) is 11.8 Å². The van der Waals surface area contributed by atoms with Crippen molar-refractivity contribution in [3.63, 3.8) is 0 Å². The fourth-order valence-corrected chi connectivity index (χ4v) is 4.31. The largest absolute Gasteiger partial charge is 0.387 e. The molecular formula is C10H17NO3S. The molecule has 1 N–H and O–H groups in total. The van der Waals surface area contributed by atoms with Crippen molar-refractivity contribution in [2.75, 3.05) is 18.8 Å². The zero-order valence-electron chi connectivity index (χ0n) is 8.72. The van der Waals surface area contributed by atoms with Gasteiger partial charge in [0.2, 0.25) is 10.0 Å². The van der Waals surface area contributed by atoms with Gasteiger partial charge in [0, 0.05) is 13.1 Å². The normalized spacial score (nSPS) is 31.3. The van der Waals surface area contributed by atoms with Crippen LogP contribution in [0.25, 0.3) is 0 Å². The molecule has 86 valence electrons. The van der Waals surface area contributed by atoms with E-state index in [2.05, 4.69) is 0 Å². The van der Waals surface area contributed by atoms with Gasteiger partial charge in [0.15, 0.2) is 0 Å². The fourth-order valence-electron chi connectivity index (χ4n) is 2.33. The monoisotopic (exact) mass is 231 g/mol. The van der Waals surface area contributed by atoms with Crippen molar-refractivity contribution < 1.29 is 13.5 Å². The first kappa shape index (κ1) is 10.1. The Labute approximate surface area is 90.3 Å². The molecule has 1 heterocycles. The number of aliphatic hydroxyl groups is 1. The topological polar surface area (TPSA) is 57.6 Å². The lowest BCUT2D eigenvalue weighted by Gasteiger charge is -2.45. The molecule has 0 aromatic rings. The quantitative estimate of drug-likeness (QED) is 0.751. The van der Waals surface area contributed by atoms with Crippen LogP contribution in [0.15, 0.2) is 0 Å². The Morgan fingerprint density at radius 3 is 2.27 bits per heavy atom. The van der Waals surface area contributed by atoms with E-state index in [-0.39, 0.29) is 0 Å². The summed E-state index contributed by atoms with van der Waals surface area (Å²) in [5, 5.41) is 10.0. The van der Waals surface area contributed by atoms with Crippen LogP contribution in [-0.2, 0) is 10.0 Å². The van der Waals surface area contributed by atoms with Crippen LogP contribution in [-0.4, -0.2) is 42.3 Å². The van der Waals surface area contributed by atoms with Crippen molar-refractivity contribution in [1.29, 1.82) is 0 Å². The Morgan fingerprint density at radius 1 is 1.20 bits per heavy atom. The molecule has 0 radical (unpaired) electrons. The van der Waals surface area contributed by atoms with E-state index in [9.17, 15) is 13.5 Å². The minimum atomic E-state index is -3.06. The van der Waals surface area contributed by atoms with Crippen molar-refractivity contribution in [3.8, 4) is 0 Å². The summed E-state index contributed by atoms with van der Waals surface area (Å²) in [4.78, 5) is 0. The summed E-state index contributed by atoms with van der Waals surface area (Å²) in [6, 6.07) is 0. The highest BCUT2D eigenvalue weighted by Gasteiger charge is 2.55. The van der Waals surface area contributed by atoms with Crippen LogP contribution < -0.4 is 0 Å². The summed E-state index contributed by atoms with van der Waals surface area (Å²) < 4.78 is 25.1. The van der Waals surface area contributed by atoms with E-state index in [1.54, 1.807) is 0 Å². The second-order valence-electron chi connectivity index (χ2n) is 5.37. The maximum absolute atomic E-state index is 11.8. The fraction of sp³-hybridized carbons (Fsp3) is 1.00. The molecule has 3 aliphatic rings. The van der Waals surface area contributed by atoms with Crippen LogP contribution in [0.4, 0.5) is 0 Å². The number of sulfonamides is 1. The first-order valence-electron chi connectivity index (χ1n) is 5.70. The molecule has 0 aromatic heterocycles. The van der Waals surface area contributed by atoms with Crippen LogP contribution in [0, 0.1) is 11.8 Å². The van der Waals surface area contributed by atoms with E-state index in [0.29, 0.717) is 30.7 Å². The van der Waals surface area contributed by atoms with Crippen molar-refractivity contribution in [2.45, 2.75) is 31.3 Å². The molecule has 3 rings (SSSR count). The van der Waals surface area contributed by atoms with E-state index in [1.165, 1.54) is 4.31 Å². The predicted molar refractivity (Wildman–Crippen MR) is 55.8 cm³/mol. The zero-order valence-corrected chi connectivity index (χ0v) is 9.54. The lowest BCUT2D eigenvalue weighted by atomic mass is 9.91. The van der Waals surface area contributed by atoms with Gasteiger partial charge >= 0.3 is 0 Å².